The molecule has 0 radical (unpaired) electrons. The lowest BCUT2D eigenvalue weighted by Gasteiger charge is -2.10. The van der Waals surface area contributed by atoms with E-state index in [-0.39, 0.29) is 5.69 Å². The number of hydrogen-bond donors (Lipinski definition) is 1. The Balaban J connectivity index is 2.36. The monoisotopic (exact) mass is 443 g/mol. The number of benzene rings is 1. The molecular weight excluding hydrogens is 435 g/mol. The van der Waals surface area contributed by atoms with Crippen molar-refractivity contribution in [2.24, 2.45) is 0 Å². The van der Waals surface area contributed by atoms with Crippen LogP contribution in [0.25, 0.3) is 0 Å². The van der Waals surface area contributed by atoms with Crippen molar-refractivity contribution in [3.05, 3.63) is 44.2 Å². The van der Waals surface area contributed by atoms with Crippen LogP contribution in [0.15, 0.2) is 40.6 Å². The number of sulfone groups is 1. The highest BCUT2D eigenvalue weighted by atomic mass is 127. The van der Waals surface area contributed by atoms with Gasteiger partial charge in [-0.15, -0.1) is 11.3 Å². The van der Waals surface area contributed by atoms with E-state index in [1.165, 1.54) is 29.5 Å². The summed E-state index contributed by atoms with van der Waals surface area (Å²) in [6.45, 7) is 0. The molecule has 21 heavy (non-hydrogen) atoms. The normalized spacial score (nSPS) is 11.6. The number of carbonyl (C=O) groups is 1. The molecule has 0 unspecified atom stereocenters. The maximum Gasteiger partial charge on any atom is 0.341 e. The van der Waals surface area contributed by atoms with Crippen LogP contribution in [0.4, 0.5) is 14.5 Å². The lowest BCUT2D eigenvalue weighted by molar-refractivity contribution is 0.102. The molecule has 112 valence electrons. The molecule has 1 aromatic carbocycles. The molecule has 2 aromatic rings. The van der Waals surface area contributed by atoms with Crippen LogP contribution < -0.4 is 5.32 Å². The van der Waals surface area contributed by atoms with Gasteiger partial charge in [0, 0.05) is 5.38 Å². The number of amides is 1. The average molecular weight is 443 g/mol. The Kier molecular flexibility index (Phi) is 4.94. The molecule has 0 saturated carbocycles. The van der Waals surface area contributed by atoms with Crippen LogP contribution in [0, 0.1) is 2.88 Å². The maximum atomic E-state index is 12.6. The summed E-state index contributed by atoms with van der Waals surface area (Å²) in [7, 11) is -4.78. The third-order valence-electron chi connectivity index (χ3n) is 2.51. The molecule has 0 aliphatic carbocycles. The highest BCUT2D eigenvalue weighted by Gasteiger charge is 2.29. The van der Waals surface area contributed by atoms with Crippen molar-refractivity contribution in [1.29, 1.82) is 0 Å². The minimum absolute atomic E-state index is 0.163. The summed E-state index contributed by atoms with van der Waals surface area (Å²) in [5.41, 5.74) is 0.178. The summed E-state index contributed by atoms with van der Waals surface area (Å²) in [5, 5.41) is 3.95. The Morgan fingerprint density at radius 3 is 2.52 bits per heavy atom. The fourth-order valence-electron chi connectivity index (χ4n) is 1.54. The molecule has 0 bridgehead atoms. The van der Waals surface area contributed by atoms with Crippen molar-refractivity contribution in [2.45, 2.75) is 10.7 Å². The van der Waals surface area contributed by atoms with Crippen molar-refractivity contribution in [3.8, 4) is 0 Å². The third kappa shape index (κ3) is 3.58. The van der Waals surface area contributed by atoms with E-state index in [1.807, 2.05) is 22.6 Å². The summed E-state index contributed by atoms with van der Waals surface area (Å²) in [6, 6.07) is 6.69. The smallest absolute Gasteiger partial charge is 0.321 e. The van der Waals surface area contributed by atoms with E-state index in [2.05, 4.69) is 5.32 Å². The molecule has 4 nitrogen and oxygen atoms in total. The molecule has 0 saturated heterocycles. The minimum atomic E-state index is -4.78. The van der Waals surface area contributed by atoms with Gasteiger partial charge in [0.1, 0.15) is 0 Å². The summed E-state index contributed by atoms with van der Waals surface area (Å²) in [4.78, 5) is 11.4. The first-order valence-corrected chi connectivity index (χ1v) is 8.99. The summed E-state index contributed by atoms with van der Waals surface area (Å²) < 4.78 is 49.3. The number of thiophene rings is 1. The Bertz CT molecular complexity index is 774. The summed E-state index contributed by atoms with van der Waals surface area (Å²) in [6.07, 6.45) is 0. The van der Waals surface area contributed by atoms with Crippen LogP contribution in [-0.4, -0.2) is 20.1 Å². The minimum Gasteiger partial charge on any atom is -0.321 e. The number of para-hydroxylation sites is 1. The van der Waals surface area contributed by atoms with Crippen molar-refractivity contribution >= 4 is 55.4 Å². The number of hydrogen-bond acceptors (Lipinski definition) is 4. The van der Waals surface area contributed by atoms with E-state index in [9.17, 15) is 22.0 Å². The number of nitrogens with one attached hydrogen (secondary N) is 1. The predicted molar refractivity (Wildman–Crippen MR) is 84.6 cm³/mol. The number of carbonyl (C=O) groups excluding carboxylic acids is 1. The molecular formula is C12H8F2INO3S2. The van der Waals surface area contributed by atoms with Gasteiger partial charge in [0.15, 0.2) is 0 Å². The SMILES string of the molecule is O=C(Nc1ccccc1S(=O)(=O)C(F)F)c1csc(I)c1. The van der Waals surface area contributed by atoms with Crippen molar-refractivity contribution in [2.75, 3.05) is 5.32 Å². The standard InChI is InChI=1S/C12H8F2INO3S2/c13-12(14)21(18,19)9-4-2-1-3-8(9)16-11(17)7-5-10(15)20-6-7/h1-6,12H,(H,16,17). The van der Waals surface area contributed by atoms with Gasteiger partial charge in [0.05, 0.1) is 19.0 Å². The van der Waals surface area contributed by atoms with Crippen LogP contribution in [0.2, 0.25) is 0 Å². The second kappa shape index (κ2) is 6.36. The van der Waals surface area contributed by atoms with E-state index in [1.54, 1.807) is 11.4 Å². The topological polar surface area (TPSA) is 63.2 Å². The number of rotatable bonds is 4. The molecule has 9 heteroatoms. The largest absolute Gasteiger partial charge is 0.341 e. The van der Waals surface area contributed by atoms with Crippen LogP contribution >= 0.6 is 33.9 Å². The molecule has 0 atom stereocenters. The predicted octanol–water partition coefficient (Wildman–Crippen LogP) is 3.60. The van der Waals surface area contributed by atoms with Gasteiger partial charge in [-0.05, 0) is 40.8 Å². The van der Waals surface area contributed by atoms with E-state index in [0.29, 0.717) is 5.56 Å². The Morgan fingerprint density at radius 1 is 1.29 bits per heavy atom. The highest BCUT2D eigenvalue weighted by molar-refractivity contribution is 14.1. The first kappa shape index (κ1) is 16.3. The fraction of sp³-hybridized carbons (Fsp3) is 0.0833. The maximum absolute atomic E-state index is 12.6. The van der Waals surface area contributed by atoms with Gasteiger partial charge in [-0.1, -0.05) is 12.1 Å². The van der Waals surface area contributed by atoms with Crippen LogP contribution in [0.1, 0.15) is 10.4 Å². The second-order valence-corrected chi connectivity index (χ2v) is 8.59. The summed E-state index contributed by atoms with van der Waals surface area (Å²) in [5.74, 6) is -4.09. The van der Waals surface area contributed by atoms with Gasteiger partial charge in [-0.3, -0.25) is 4.79 Å². The molecule has 0 aliphatic rings. The van der Waals surface area contributed by atoms with Gasteiger partial charge >= 0.3 is 5.76 Å². The lowest BCUT2D eigenvalue weighted by Crippen LogP contribution is -2.17. The molecule has 1 heterocycles. The van der Waals surface area contributed by atoms with Crippen LogP contribution in [0.5, 0.6) is 0 Å². The number of halogens is 3. The zero-order valence-electron chi connectivity index (χ0n) is 10.2. The van der Waals surface area contributed by atoms with Gasteiger partial charge in [0.2, 0.25) is 9.84 Å². The molecule has 1 amide bonds. The zero-order valence-corrected chi connectivity index (χ0v) is 14.0. The van der Waals surface area contributed by atoms with E-state index in [0.717, 1.165) is 8.95 Å². The van der Waals surface area contributed by atoms with E-state index >= 15 is 0 Å². The first-order chi connectivity index (χ1) is 9.82. The van der Waals surface area contributed by atoms with Gasteiger partial charge < -0.3 is 5.32 Å². The van der Waals surface area contributed by atoms with Gasteiger partial charge in [-0.25, -0.2) is 8.42 Å². The molecule has 1 aromatic heterocycles. The Morgan fingerprint density at radius 2 is 1.95 bits per heavy atom. The van der Waals surface area contributed by atoms with E-state index in [4.69, 9.17) is 0 Å². The van der Waals surface area contributed by atoms with Crippen LogP contribution in [0.3, 0.4) is 0 Å². The lowest BCUT2D eigenvalue weighted by atomic mass is 10.3. The van der Waals surface area contributed by atoms with Gasteiger partial charge in [0.25, 0.3) is 5.91 Å². The van der Waals surface area contributed by atoms with Crippen LogP contribution in [-0.2, 0) is 9.84 Å². The summed E-state index contributed by atoms with van der Waals surface area (Å²) >= 11 is 3.38. The van der Waals surface area contributed by atoms with Crippen molar-refractivity contribution in [3.63, 3.8) is 0 Å². The van der Waals surface area contributed by atoms with Crippen molar-refractivity contribution in [1.82, 2.24) is 0 Å². The third-order valence-corrected chi connectivity index (χ3v) is 5.73. The fourth-order valence-corrected chi connectivity index (χ4v) is 3.75. The average Bonchev–Trinajstić information content (AvgIpc) is 2.86. The Hall–Kier alpha value is -1.07. The van der Waals surface area contributed by atoms with Gasteiger partial charge in [-0.2, -0.15) is 8.78 Å². The first-order valence-electron chi connectivity index (χ1n) is 5.49. The zero-order chi connectivity index (χ0) is 15.6. The number of alkyl halides is 2. The molecule has 0 spiro atoms. The molecule has 0 aliphatic heterocycles. The Labute approximate surface area is 137 Å². The quantitative estimate of drug-likeness (QED) is 0.735. The van der Waals surface area contributed by atoms with Crippen molar-refractivity contribution < 1.29 is 22.0 Å². The number of anilines is 1. The molecule has 0 fully saturated rings. The highest BCUT2D eigenvalue weighted by Crippen LogP contribution is 2.27. The molecule has 1 N–H and O–H groups in total. The molecule has 2 rings (SSSR count). The van der Waals surface area contributed by atoms with E-state index < -0.39 is 26.4 Å². The second-order valence-electron chi connectivity index (χ2n) is 3.90.